The lowest BCUT2D eigenvalue weighted by molar-refractivity contribution is 0.0912. The second-order valence-corrected chi connectivity index (χ2v) is 13.2. The predicted octanol–water partition coefficient (Wildman–Crippen LogP) is 8.29. The van der Waals surface area contributed by atoms with Gasteiger partial charge in [0.2, 0.25) is 0 Å². The SMILES string of the molecule is CN(C)CCCN(C)C1CCC(C(=O)c2[nH]c3cc(Cl)ccc3c2-c2c(-c3ccccc3)ncn2Cc2ccc(Cl)cc2)C1. The molecule has 8 heteroatoms. The monoisotopic (exact) mass is 627 g/mol. The van der Waals surface area contributed by atoms with Crippen LogP contribution in [0.1, 0.15) is 41.7 Å². The Morgan fingerprint density at radius 2 is 1.70 bits per heavy atom. The molecule has 1 N–H and O–H groups in total. The van der Waals surface area contributed by atoms with Crippen molar-refractivity contribution in [3.05, 3.63) is 100 Å². The summed E-state index contributed by atoms with van der Waals surface area (Å²) in [6, 6.07) is 24.3. The van der Waals surface area contributed by atoms with Gasteiger partial charge in [-0.2, -0.15) is 0 Å². The Morgan fingerprint density at radius 3 is 2.45 bits per heavy atom. The van der Waals surface area contributed by atoms with E-state index in [1.165, 1.54) is 0 Å². The Bertz CT molecular complexity index is 1740. The highest BCUT2D eigenvalue weighted by molar-refractivity contribution is 6.31. The summed E-state index contributed by atoms with van der Waals surface area (Å²) in [7, 11) is 6.42. The number of hydrogen-bond donors (Lipinski definition) is 1. The molecule has 2 unspecified atom stereocenters. The average Bonchev–Trinajstić information content (AvgIpc) is 3.75. The number of halogens is 2. The van der Waals surface area contributed by atoms with Crippen LogP contribution in [0.2, 0.25) is 10.0 Å². The Hall–Kier alpha value is -3.42. The third-order valence-corrected chi connectivity index (χ3v) is 9.40. The maximum atomic E-state index is 14.5. The van der Waals surface area contributed by atoms with E-state index in [4.69, 9.17) is 28.2 Å². The molecule has 0 spiro atoms. The van der Waals surface area contributed by atoms with Crippen molar-refractivity contribution in [2.75, 3.05) is 34.2 Å². The summed E-state index contributed by atoms with van der Waals surface area (Å²) in [6.07, 6.45) is 5.77. The number of aromatic nitrogens is 3. The van der Waals surface area contributed by atoms with Crippen LogP contribution in [0.4, 0.5) is 0 Å². The largest absolute Gasteiger partial charge is 0.351 e. The van der Waals surface area contributed by atoms with E-state index < -0.39 is 0 Å². The first-order valence-corrected chi connectivity index (χ1v) is 16.1. The highest BCUT2D eigenvalue weighted by atomic mass is 35.5. The van der Waals surface area contributed by atoms with Crippen LogP contribution in [0.5, 0.6) is 0 Å². The zero-order chi connectivity index (χ0) is 30.8. The predicted molar refractivity (Wildman–Crippen MR) is 182 cm³/mol. The minimum absolute atomic E-state index is 0.0496. The zero-order valence-corrected chi connectivity index (χ0v) is 27.1. The summed E-state index contributed by atoms with van der Waals surface area (Å²) in [6.45, 7) is 2.68. The van der Waals surface area contributed by atoms with Crippen molar-refractivity contribution in [1.82, 2.24) is 24.3 Å². The maximum absolute atomic E-state index is 14.5. The summed E-state index contributed by atoms with van der Waals surface area (Å²) < 4.78 is 2.15. The molecule has 1 aliphatic carbocycles. The number of H-pyrrole nitrogens is 1. The molecular formula is C36H39Cl2N5O. The molecule has 0 saturated heterocycles. The molecule has 0 aliphatic heterocycles. The van der Waals surface area contributed by atoms with Gasteiger partial charge in [0.15, 0.2) is 5.78 Å². The fourth-order valence-corrected chi connectivity index (χ4v) is 6.88. The number of fused-ring (bicyclic) bond motifs is 1. The average molecular weight is 629 g/mol. The van der Waals surface area contributed by atoms with Crippen LogP contribution in [-0.4, -0.2) is 70.4 Å². The molecule has 1 saturated carbocycles. The Kier molecular flexibility index (Phi) is 9.24. The van der Waals surface area contributed by atoms with Crippen molar-refractivity contribution >= 4 is 39.9 Å². The fourth-order valence-electron chi connectivity index (χ4n) is 6.58. The Labute approximate surface area is 269 Å². The maximum Gasteiger partial charge on any atom is 0.182 e. The fraction of sp³-hybridized carbons (Fsp3) is 0.333. The topological polar surface area (TPSA) is 57.2 Å². The summed E-state index contributed by atoms with van der Waals surface area (Å²) in [5.74, 6) is 0.112. The van der Waals surface area contributed by atoms with Crippen molar-refractivity contribution < 1.29 is 4.79 Å². The minimum Gasteiger partial charge on any atom is -0.351 e. The highest BCUT2D eigenvalue weighted by Crippen LogP contribution is 2.42. The molecule has 2 atom stereocenters. The van der Waals surface area contributed by atoms with E-state index in [0.29, 0.717) is 28.3 Å². The van der Waals surface area contributed by atoms with Crippen molar-refractivity contribution in [2.24, 2.45) is 5.92 Å². The van der Waals surface area contributed by atoms with Crippen LogP contribution < -0.4 is 0 Å². The van der Waals surface area contributed by atoms with Gasteiger partial charge >= 0.3 is 0 Å². The Morgan fingerprint density at radius 1 is 0.955 bits per heavy atom. The van der Waals surface area contributed by atoms with Gasteiger partial charge in [0.1, 0.15) is 0 Å². The van der Waals surface area contributed by atoms with Crippen LogP contribution in [-0.2, 0) is 6.54 Å². The lowest BCUT2D eigenvalue weighted by Crippen LogP contribution is -2.32. The van der Waals surface area contributed by atoms with Gasteiger partial charge in [-0.15, -0.1) is 0 Å². The number of hydrogen-bond acceptors (Lipinski definition) is 4. The number of aromatic amines is 1. The molecule has 1 aliphatic rings. The normalized spacial score (nSPS) is 16.9. The van der Waals surface area contributed by atoms with Gasteiger partial charge in [-0.3, -0.25) is 4.79 Å². The van der Waals surface area contributed by atoms with Gasteiger partial charge < -0.3 is 19.4 Å². The van der Waals surface area contributed by atoms with Gasteiger partial charge in [-0.1, -0.05) is 71.7 Å². The van der Waals surface area contributed by atoms with Gasteiger partial charge in [0.25, 0.3) is 0 Å². The van der Waals surface area contributed by atoms with Crippen molar-refractivity contribution in [3.8, 4) is 22.5 Å². The van der Waals surface area contributed by atoms with Gasteiger partial charge in [-0.25, -0.2) is 4.98 Å². The second-order valence-electron chi connectivity index (χ2n) is 12.3. The molecule has 2 aromatic heterocycles. The molecular weight excluding hydrogens is 589 g/mol. The zero-order valence-electron chi connectivity index (χ0n) is 25.6. The van der Waals surface area contributed by atoms with E-state index in [1.807, 2.05) is 67.0 Å². The van der Waals surface area contributed by atoms with Crippen molar-refractivity contribution in [2.45, 2.75) is 38.3 Å². The molecule has 0 radical (unpaired) electrons. The molecule has 44 heavy (non-hydrogen) atoms. The third kappa shape index (κ3) is 6.50. The highest BCUT2D eigenvalue weighted by Gasteiger charge is 2.35. The number of nitrogens with one attached hydrogen (secondary N) is 1. The number of nitrogens with zero attached hydrogens (tertiary/aromatic N) is 4. The van der Waals surface area contributed by atoms with Gasteiger partial charge in [-0.05, 0) is 89.7 Å². The van der Waals surface area contributed by atoms with Gasteiger partial charge in [0.05, 0.1) is 23.4 Å². The number of ketones is 1. The molecule has 5 aromatic rings. The molecule has 3 aromatic carbocycles. The van der Waals surface area contributed by atoms with Gasteiger partial charge in [0, 0.05) is 50.6 Å². The van der Waals surface area contributed by atoms with E-state index in [2.05, 4.69) is 52.6 Å². The lowest BCUT2D eigenvalue weighted by Gasteiger charge is -2.25. The second kappa shape index (κ2) is 13.3. The molecule has 0 bridgehead atoms. The molecule has 228 valence electrons. The molecule has 6 rings (SSSR count). The van der Waals surface area contributed by atoms with Crippen LogP contribution in [0, 0.1) is 5.92 Å². The molecule has 0 amide bonds. The van der Waals surface area contributed by atoms with E-state index in [-0.39, 0.29) is 11.7 Å². The smallest absolute Gasteiger partial charge is 0.182 e. The summed E-state index contributed by atoms with van der Waals surface area (Å²) in [5, 5.41) is 2.29. The molecule has 2 heterocycles. The van der Waals surface area contributed by atoms with Crippen LogP contribution in [0.15, 0.2) is 79.1 Å². The minimum atomic E-state index is -0.0496. The first-order valence-electron chi connectivity index (χ1n) is 15.3. The Balaban J connectivity index is 1.42. The molecule has 6 nitrogen and oxygen atoms in total. The molecule has 1 fully saturated rings. The van der Waals surface area contributed by atoms with E-state index in [9.17, 15) is 4.79 Å². The lowest BCUT2D eigenvalue weighted by atomic mass is 9.94. The van der Waals surface area contributed by atoms with Crippen LogP contribution in [0.3, 0.4) is 0 Å². The number of carbonyl (C=O) groups is 1. The summed E-state index contributed by atoms with van der Waals surface area (Å²) in [5.41, 5.74) is 6.23. The van der Waals surface area contributed by atoms with Crippen LogP contribution >= 0.6 is 23.2 Å². The van der Waals surface area contributed by atoms with E-state index >= 15 is 0 Å². The summed E-state index contributed by atoms with van der Waals surface area (Å²) >= 11 is 12.7. The summed E-state index contributed by atoms with van der Waals surface area (Å²) in [4.78, 5) is 27.6. The van der Waals surface area contributed by atoms with E-state index in [1.54, 1.807) is 0 Å². The quantitative estimate of drug-likeness (QED) is 0.150. The van der Waals surface area contributed by atoms with Crippen LogP contribution in [0.25, 0.3) is 33.4 Å². The third-order valence-electron chi connectivity index (χ3n) is 8.91. The standard InChI is InChI=1S/C36H39Cl2N5O/c1-41(2)18-7-19-42(3)29-16-12-26(20-29)36(44)34-32(30-17-15-28(38)21-31(30)40-34)35-33(25-8-5-4-6-9-25)39-23-43(35)22-24-10-13-27(37)14-11-24/h4-6,8-11,13-15,17,21,23,26,29,40H,7,12,16,18-20,22H2,1-3H3. The van der Waals surface area contributed by atoms with Crippen molar-refractivity contribution in [1.29, 1.82) is 0 Å². The van der Waals surface area contributed by atoms with E-state index in [0.717, 1.165) is 77.8 Å². The number of rotatable bonds is 11. The first kappa shape index (κ1) is 30.6. The number of Topliss-reactive ketones (excluding diaryl/α,β-unsaturated/α-hetero) is 1. The first-order chi connectivity index (χ1) is 21.3. The number of benzene rings is 3. The number of imidazole rings is 1. The van der Waals surface area contributed by atoms with Crippen molar-refractivity contribution in [3.63, 3.8) is 0 Å². The number of carbonyl (C=O) groups excluding carboxylic acids is 1.